The minimum Gasteiger partial charge on any atom is -0.495 e. The largest absolute Gasteiger partial charge is 0.495 e. The van der Waals surface area contributed by atoms with Crippen molar-refractivity contribution in [3.63, 3.8) is 0 Å². The quantitative estimate of drug-likeness (QED) is 0.285. The molecule has 2 atom stereocenters. The second kappa shape index (κ2) is 10.9. The van der Waals surface area contributed by atoms with Crippen molar-refractivity contribution in [1.29, 1.82) is 0 Å². The highest BCUT2D eigenvalue weighted by Gasteiger charge is 2.28. The van der Waals surface area contributed by atoms with E-state index < -0.39 is 13.3 Å². The van der Waals surface area contributed by atoms with Gasteiger partial charge in [0.25, 0.3) is 0 Å². The number of nitrogens with zero attached hydrogens (tertiary/aromatic N) is 1. The topological polar surface area (TPSA) is 53.6 Å². The van der Waals surface area contributed by atoms with Gasteiger partial charge in [0.2, 0.25) is 0 Å². The Morgan fingerprint density at radius 1 is 1.29 bits per heavy atom. The molecule has 0 radical (unpaired) electrons. The van der Waals surface area contributed by atoms with Gasteiger partial charge < -0.3 is 24.8 Å². The summed E-state index contributed by atoms with van der Waals surface area (Å²) < 4.78 is 34.4. The maximum Gasteiger partial charge on any atom is 0.142 e. The average molecular weight is 578 g/mol. The van der Waals surface area contributed by atoms with Gasteiger partial charge in [0, 0.05) is 23.8 Å². The Morgan fingerprint density at radius 2 is 2.09 bits per heavy atom. The Bertz CT molecular complexity index is 1330. The number of halogens is 2. The van der Waals surface area contributed by atoms with Crippen molar-refractivity contribution in [1.82, 2.24) is 4.90 Å². The smallest absolute Gasteiger partial charge is 0.142 e. The number of alkyl halides is 1. The molecule has 1 aromatic heterocycles. The van der Waals surface area contributed by atoms with Crippen LogP contribution in [0.15, 0.2) is 40.9 Å². The Labute approximate surface area is 218 Å². The van der Waals surface area contributed by atoms with Crippen LogP contribution in [0.2, 0.25) is 0 Å². The number of likely N-dealkylation sites (tertiary alicyclic amines) is 1. The van der Waals surface area contributed by atoms with Gasteiger partial charge in [-0.1, -0.05) is 24.0 Å². The number of fused-ring (bicyclic) bond motifs is 1. The zero-order valence-electron chi connectivity index (χ0n) is 20.3. The number of hydrogen-bond acceptors (Lipinski definition) is 6. The summed E-state index contributed by atoms with van der Waals surface area (Å²) in [6, 6.07) is 11.4. The molecule has 0 spiro atoms. The maximum absolute atomic E-state index is 14.6. The molecule has 2 N–H and O–H groups in total. The molecule has 3 aromatic rings. The van der Waals surface area contributed by atoms with E-state index in [1.54, 1.807) is 31.8 Å². The monoisotopic (exact) mass is 577 g/mol. The van der Waals surface area contributed by atoms with Crippen LogP contribution in [-0.2, 0) is 4.57 Å². The summed E-state index contributed by atoms with van der Waals surface area (Å²) in [7, 11) is 1.20. The highest BCUT2D eigenvalue weighted by molar-refractivity contribution is 9.10. The number of rotatable bonds is 6. The first kappa shape index (κ1) is 26.0. The molecule has 1 fully saturated rings. The fourth-order valence-electron chi connectivity index (χ4n) is 4.13. The minimum absolute atomic E-state index is 0.188. The van der Waals surface area contributed by atoms with Crippen LogP contribution >= 0.6 is 34.4 Å². The van der Waals surface area contributed by atoms with Gasteiger partial charge in [0.1, 0.15) is 19.1 Å². The van der Waals surface area contributed by atoms with Crippen molar-refractivity contribution in [2.75, 3.05) is 57.8 Å². The molecular formula is C26H30BrFN3O2PS. The summed E-state index contributed by atoms with van der Waals surface area (Å²) in [5, 5.41) is 8.58. The highest BCUT2D eigenvalue weighted by atomic mass is 79.9. The summed E-state index contributed by atoms with van der Waals surface area (Å²) in [6.45, 7) is 5.25. The predicted octanol–water partition coefficient (Wildman–Crippen LogP) is 5.84. The van der Waals surface area contributed by atoms with Crippen molar-refractivity contribution in [3.8, 4) is 17.6 Å². The Hall–Kier alpha value is -2.04. The molecule has 35 heavy (non-hydrogen) atoms. The van der Waals surface area contributed by atoms with E-state index in [9.17, 15) is 8.96 Å². The molecule has 0 amide bonds. The van der Waals surface area contributed by atoms with Crippen molar-refractivity contribution in [2.45, 2.75) is 18.6 Å². The van der Waals surface area contributed by atoms with Crippen LogP contribution in [0.1, 0.15) is 11.3 Å². The normalized spacial score (nSPS) is 18.7. The lowest BCUT2D eigenvalue weighted by molar-refractivity contribution is 0.149. The number of anilines is 2. The molecule has 1 aliphatic rings. The number of methoxy groups -OCH3 is 1. The van der Waals surface area contributed by atoms with E-state index in [-0.39, 0.29) is 6.04 Å². The number of nitrogens with one attached hydrogen (secondary N) is 2. The number of benzene rings is 2. The second-order valence-electron chi connectivity index (χ2n) is 9.14. The standard InChI is InChI=1S/C26H30BrFN3O2PS/c1-31-14-12-20(19(28)16-31)30-22-8-5-7-18-25(27)24(35-26(18)22)9-6-13-29-21-11-10-17(34(3,4)32)15-23(21)33-2/h5,7-8,10-11,15,19-20,29-30H,12-14,16H2,1-4H3/t19-,20?/m0/s1. The van der Waals surface area contributed by atoms with E-state index >= 15 is 0 Å². The van der Waals surface area contributed by atoms with E-state index in [1.165, 1.54) is 0 Å². The van der Waals surface area contributed by atoms with Crippen LogP contribution < -0.4 is 20.7 Å². The molecule has 186 valence electrons. The van der Waals surface area contributed by atoms with Gasteiger partial charge in [-0.15, -0.1) is 11.3 Å². The third-order valence-electron chi connectivity index (χ3n) is 6.12. The van der Waals surface area contributed by atoms with E-state index in [1.807, 2.05) is 42.3 Å². The molecule has 2 aromatic carbocycles. The molecule has 1 unspecified atom stereocenters. The molecule has 9 heteroatoms. The zero-order chi connectivity index (χ0) is 25.2. The van der Waals surface area contributed by atoms with Crippen LogP contribution in [0.25, 0.3) is 10.1 Å². The zero-order valence-corrected chi connectivity index (χ0v) is 23.6. The molecular weight excluding hydrogens is 548 g/mol. The molecule has 1 aliphatic heterocycles. The SMILES string of the molecule is COc1cc(P(C)(C)=O)ccc1NCC#Cc1sc2c(NC3CCN(C)C[C@@H]3F)cccc2c1Br. The van der Waals surface area contributed by atoms with Gasteiger partial charge in [-0.05, 0) is 67.0 Å². The highest BCUT2D eigenvalue weighted by Crippen LogP contribution is 2.40. The Kier molecular flexibility index (Phi) is 8.12. The van der Waals surface area contributed by atoms with Gasteiger partial charge in [-0.3, -0.25) is 0 Å². The van der Waals surface area contributed by atoms with Crippen LogP contribution in [0.4, 0.5) is 15.8 Å². The fourth-order valence-corrected chi connectivity index (χ4v) is 6.84. The predicted molar refractivity (Wildman–Crippen MR) is 151 cm³/mol. The lowest BCUT2D eigenvalue weighted by Crippen LogP contribution is -2.46. The van der Waals surface area contributed by atoms with E-state index in [2.05, 4.69) is 44.5 Å². The third-order valence-corrected chi connectivity index (χ3v) is 9.88. The first-order valence-electron chi connectivity index (χ1n) is 11.4. The molecule has 5 nitrogen and oxygen atoms in total. The van der Waals surface area contributed by atoms with E-state index in [0.717, 1.165) is 49.1 Å². The lowest BCUT2D eigenvalue weighted by atomic mass is 10.0. The fraction of sp³-hybridized carbons (Fsp3) is 0.385. The summed E-state index contributed by atoms with van der Waals surface area (Å²) in [6.07, 6.45) is -0.123. The summed E-state index contributed by atoms with van der Waals surface area (Å²) in [5.41, 5.74) is 1.75. The van der Waals surface area contributed by atoms with E-state index in [0.29, 0.717) is 18.8 Å². The molecule has 0 aliphatic carbocycles. The van der Waals surface area contributed by atoms with Gasteiger partial charge in [0.15, 0.2) is 0 Å². The summed E-state index contributed by atoms with van der Waals surface area (Å²) >= 11 is 5.31. The Balaban J connectivity index is 1.49. The van der Waals surface area contributed by atoms with E-state index in [4.69, 9.17) is 4.74 Å². The van der Waals surface area contributed by atoms with Crippen molar-refractivity contribution in [2.24, 2.45) is 0 Å². The number of hydrogen-bond donors (Lipinski definition) is 2. The number of ether oxygens (including phenoxy) is 1. The molecule has 2 heterocycles. The number of thiophene rings is 1. The minimum atomic E-state index is -2.36. The van der Waals surface area contributed by atoms with Gasteiger partial charge >= 0.3 is 0 Å². The number of piperidine rings is 1. The second-order valence-corrected chi connectivity index (χ2v) is 14.2. The van der Waals surface area contributed by atoms with Crippen LogP contribution in [0.5, 0.6) is 5.75 Å². The molecule has 1 saturated heterocycles. The first-order valence-corrected chi connectivity index (χ1v) is 15.6. The Morgan fingerprint density at radius 3 is 2.80 bits per heavy atom. The van der Waals surface area contributed by atoms with Crippen LogP contribution in [-0.4, -0.2) is 64.2 Å². The summed E-state index contributed by atoms with van der Waals surface area (Å²) in [5.74, 6) is 7.09. The maximum atomic E-state index is 14.6. The average Bonchev–Trinajstić information content (AvgIpc) is 3.14. The van der Waals surface area contributed by atoms with Crippen molar-refractivity contribution in [3.05, 3.63) is 45.7 Å². The summed E-state index contributed by atoms with van der Waals surface area (Å²) in [4.78, 5) is 2.96. The molecule has 4 rings (SSSR count). The van der Waals surface area contributed by atoms with Gasteiger partial charge in [-0.25, -0.2) is 4.39 Å². The van der Waals surface area contributed by atoms with Crippen molar-refractivity contribution >= 4 is 61.2 Å². The first-order chi connectivity index (χ1) is 16.7. The van der Waals surface area contributed by atoms with Crippen LogP contribution in [0, 0.1) is 11.8 Å². The molecule has 0 saturated carbocycles. The van der Waals surface area contributed by atoms with Crippen molar-refractivity contribution < 1.29 is 13.7 Å². The molecule has 0 bridgehead atoms. The van der Waals surface area contributed by atoms with Crippen LogP contribution in [0.3, 0.4) is 0 Å². The third kappa shape index (κ3) is 6.03. The lowest BCUT2D eigenvalue weighted by Gasteiger charge is -2.33. The van der Waals surface area contributed by atoms with Gasteiger partial charge in [-0.2, -0.15) is 0 Å². The van der Waals surface area contributed by atoms with Gasteiger partial charge in [0.05, 0.1) is 45.1 Å².